The van der Waals surface area contributed by atoms with Crippen molar-refractivity contribution >= 4 is 40.5 Å². The average Bonchev–Trinajstić information content (AvgIpc) is 3.13. The van der Waals surface area contributed by atoms with Gasteiger partial charge in [0.2, 0.25) is 0 Å². The first-order valence-corrected chi connectivity index (χ1v) is 9.19. The number of nitrogens with zero attached hydrogens (tertiary/aromatic N) is 1. The van der Waals surface area contributed by atoms with E-state index in [4.69, 9.17) is 4.74 Å². The van der Waals surface area contributed by atoms with Crippen LogP contribution in [0.1, 0.15) is 28.9 Å². The smallest absolute Gasteiger partial charge is 0.353 e. The van der Waals surface area contributed by atoms with Crippen LogP contribution in [-0.2, 0) is 9.53 Å². The van der Waals surface area contributed by atoms with Gasteiger partial charge < -0.3 is 4.74 Å². The number of benzene rings is 1. The van der Waals surface area contributed by atoms with E-state index in [9.17, 15) is 19.7 Å². The van der Waals surface area contributed by atoms with E-state index in [1.54, 1.807) is 35.7 Å². The molecule has 128 valence electrons. The highest BCUT2D eigenvalue weighted by Gasteiger charge is 2.27. The molecule has 1 aromatic carbocycles. The summed E-state index contributed by atoms with van der Waals surface area (Å²) in [5.74, 6) is -0.387. The maximum absolute atomic E-state index is 12.3. The molecule has 0 amide bonds. The molecule has 0 aliphatic heterocycles. The van der Waals surface area contributed by atoms with Crippen LogP contribution in [-0.4, -0.2) is 16.7 Å². The number of ketones is 1. The first kappa shape index (κ1) is 17.4. The van der Waals surface area contributed by atoms with Gasteiger partial charge in [-0.25, -0.2) is 4.79 Å². The third-order valence-corrected chi connectivity index (χ3v) is 5.60. The lowest BCUT2D eigenvalue weighted by Crippen LogP contribution is -2.14. The number of rotatable bonds is 5. The monoisotopic (exact) mass is 375 g/mol. The number of hydrogen-bond acceptors (Lipinski definition) is 7. The van der Waals surface area contributed by atoms with Crippen molar-refractivity contribution in [2.24, 2.45) is 0 Å². The highest BCUT2D eigenvalue weighted by molar-refractivity contribution is 8.04. The number of carbonyl (C=O) groups is 2. The Morgan fingerprint density at radius 3 is 2.72 bits per heavy atom. The van der Waals surface area contributed by atoms with Gasteiger partial charge in [0, 0.05) is 18.9 Å². The van der Waals surface area contributed by atoms with Gasteiger partial charge >= 0.3 is 5.97 Å². The molecule has 2 aromatic rings. The number of nitro groups is 1. The number of para-hydroxylation sites is 1. The van der Waals surface area contributed by atoms with Crippen molar-refractivity contribution in [1.29, 1.82) is 0 Å². The summed E-state index contributed by atoms with van der Waals surface area (Å²) in [6.45, 7) is 0. The Morgan fingerprint density at radius 1 is 1.20 bits per heavy atom. The highest BCUT2D eigenvalue weighted by atomic mass is 32.2. The first-order chi connectivity index (χ1) is 12.1. The van der Waals surface area contributed by atoms with Crippen molar-refractivity contribution in [3.63, 3.8) is 0 Å². The maximum atomic E-state index is 12.3. The minimum Gasteiger partial charge on any atom is -0.426 e. The fourth-order valence-electron chi connectivity index (χ4n) is 2.36. The molecule has 0 saturated carbocycles. The van der Waals surface area contributed by atoms with E-state index in [-0.39, 0.29) is 22.1 Å². The predicted molar refractivity (Wildman–Crippen MR) is 94.6 cm³/mol. The molecule has 1 aliphatic rings. The maximum Gasteiger partial charge on any atom is 0.353 e. The van der Waals surface area contributed by atoms with Crippen molar-refractivity contribution in [2.45, 2.75) is 24.2 Å². The number of Topliss-reactive ketones (excluding diaryl/α,β-unsaturated/α-hetero) is 1. The fourth-order valence-corrected chi connectivity index (χ4v) is 4.05. The number of thiophene rings is 1. The van der Waals surface area contributed by atoms with Crippen LogP contribution >= 0.6 is 23.1 Å². The minimum atomic E-state index is -0.514. The molecular weight excluding hydrogens is 362 g/mol. The van der Waals surface area contributed by atoms with Crippen molar-refractivity contribution in [3.8, 4) is 0 Å². The zero-order chi connectivity index (χ0) is 17.8. The quantitative estimate of drug-likeness (QED) is 0.432. The van der Waals surface area contributed by atoms with Gasteiger partial charge in [-0.05, 0) is 23.9 Å². The molecule has 0 fully saturated rings. The molecule has 1 heterocycles. The van der Waals surface area contributed by atoms with Gasteiger partial charge in [-0.2, -0.15) is 0 Å². The number of esters is 1. The molecule has 0 saturated heterocycles. The third-order valence-electron chi connectivity index (χ3n) is 3.53. The molecule has 8 heteroatoms. The number of thioether (sulfide) groups is 1. The molecule has 1 aliphatic carbocycles. The standard InChI is InChI=1S/C17H13NO5S2/c19-12-6-3-7-13(23-17(20)15-9-4-10-24-15)16(12)25-14-8-2-1-5-11(14)18(21)22/h1-2,4-5,8-10H,3,6-7H2. The summed E-state index contributed by atoms with van der Waals surface area (Å²) in [6, 6.07) is 9.58. The number of carbonyl (C=O) groups excluding carboxylic acids is 2. The van der Waals surface area contributed by atoms with E-state index < -0.39 is 10.9 Å². The van der Waals surface area contributed by atoms with Gasteiger partial charge in [-0.1, -0.05) is 30.0 Å². The summed E-state index contributed by atoms with van der Waals surface area (Å²) < 4.78 is 5.43. The Labute approximate surface area is 151 Å². The molecule has 25 heavy (non-hydrogen) atoms. The molecule has 0 N–H and O–H groups in total. The van der Waals surface area contributed by atoms with Crippen molar-refractivity contribution in [2.75, 3.05) is 0 Å². The second kappa shape index (κ2) is 7.62. The Bertz CT molecular complexity index is 858. The molecule has 1 aromatic heterocycles. The zero-order valence-corrected chi connectivity index (χ0v) is 14.6. The molecule has 0 bridgehead atoms. The molecule has 0 unspecified atom stereocenters. The molecule has 0 atom stereocenters. The van der Waals surface area contributed by atoms with Crippen LogP contribution < -0.4 is 0 Å². The van der Waals surface area contributed by atoms with Crippen LogP contribution in [0.15, 0.2) is 57.3 Å². The number of ether oxygens (including phenoxy) is 1. The predicted octanol–water partition coefficient (Wildman–Crippen LogP) is 4.57. The SMILES string of the molecule is O=C1CCCC(OC(=O)c2cccs2)=C1Sc1ccccc1[N+](=O)[O-]. The number of allylic oxidation sites excluding steroid dienone is 2. The normalized spacial score (nSPS) is 14.5. The Hall–Kier alpha value is -2.45. The third kappa shape index (κ3) is 3.97. The summed E-state index contributed by atoms with van der Waals surface area (Å²) in [5, 5.41) is 12.9. The van der Waals surface area contributed by atoms with Crippen LogP contribution in [0.4, 0.5) is 5.69 Å². The van der Waals surface area contributed by atoms with Gasteiger partial charge in [0.1, 0.15) is 10.6 Å². The summed E-state index contributed by atoms with van der Waals surface area (Å²) in [6.07, 6.45) is 1.38. The van der Waals surface area contributed by atoms with Crippen LogP contribution in [0, 0.1) is 10.1 Å². The molecule has 6 nitrogen and oxygen atoms in total. The minimum absolute atomic E-state index is 0.0812. The van der Waals surface area contributed by atoms with Gasteiger partial charge in [0.05, 0.1) is 14.7 Å². The summed E-state index contributed by atoms with van der Waals surface area (Å²) in [5.41, 5.74) is -0.0812. The Morgan fingerprint density at radius 2 is 2.00 bits per heavy atom. The fraction of sp³-hybridized carbons (Fsp3) is 0.176. The van der Waals surface area contributed by atoms with Crippen LogP contribution in [0.2, 0.25) is 0 Å². The van der Waals surface area contributed by atoms with Crippen LogP contribution in [0.3, 0.4) is 0 Å². The second-order valence-corrected chi connectivity index (χ2v) is 7.22. The van der Waals surface area contributed by atoms with Crippen molar-refractivity contribution in [1.82, 2.24) is 0 Å². The van der Waals surface area contributed by atoms with Gasteiger partial charge in [-0.15, -0.1) is 11.3 Å². The van der Waals surface area contributed by atoms with E-state index >= 15 is 0 Å². The van der Waals surface area contributed by atoms with E-state index in [0.717, 1.165) is 11.8 Å². The number of nitro benzene ring substituents is 1. The first-order valence-electron chi connectivity index (χ1n) is 7.49. The molecular formula is C17H13NO5S2. The molecule has 3 rings (SSSR count). The molecule has 0 radical (unpaired) electrons. The van der Waals surface area contributed by atoms with Gasteiger partial charge in [-0.3, -0.25) is 14.9 Å². The summed E-state index contributed by atoms with van der Waals surface area (Å²) in [7, 11) is 0. The number of hydrogen-bond donors (Lipinski definition) is 0. The van der Waals surface area contributed by atoms with Crippen molar-refractivity contribution in [3.05, 3.63) is 67.4 Å². The van der Waals surface area contributed by atoms with Crippen LogP contribution in [0.25, 0.3) is 0 Å². The summed E-state index contributed by atoms with van der Waals surface area (Å²) >= 11 is 2.24. The van der Waals surface area contributed by atoms with E-state index in [2.05, 4.69) is 0 Å². The Kier molecular flexibility index (Phi) is 5.30. The van der Waals surface area contributed by atoms with Crippen LogP contribution in [0.5, 0.6) is 0 Å². The van der Waals surface area contributed by atoms with E-state index in [1.165, 1.54) is 17.4 Å². The second-order valence-electron chi connectivity index (χ2n) is 5.22. The van der Waals surface area contributed by atoms with Gasteiger partial charge in [0.15, 0.2) is 5.78 Å². The Balaban J connectivity index is 1.92. The molecule has 0 spiro atoms. The largest absolute Gasteiger partial charge is 0.426 e. The van der Waals surface area contributed by atoms with E-state index in [1.807, 2.05) is 0 Å². The van der Waals surface area contributed by atoms with Gasteiger partial charge in [0.25, 0.3) is 5.69 Å². The lowest BCUT2D eigenvalue weighted by Gasteiger charge is -2.18. The average molecular weight is 375 g/mol. The lowest BCUT2D eigenvalue weighted by atomic mass is 10.0. The topological polar surface area (TPSA) is 86.5 Å². The van der Waals surface area contributed by atoms with Crippen molar-refractivity contribution < 1.29 is 19.2 Å². The lowest BCUT2D eigenvalue weighted by molar-refractivity contribution is -0.387. The summed E-state index contributed by atoms with van der Waals surface area (Å²) in [4.78, 5) is 36.2. The zero-order valence-electron chi connectivity index (χ0n) is 13.0. The highest BCUT2D eigenvalue weighted by Crippen LogP contribution is 2.40. The van der Waals surface area contributed by atoms with E-state index in [0.29, 0.717) is 29.0 Å².